The van der Waals surface area contributed by atoms with Gasteiger partial charge in [-0.2, -0.15) is 0 Å². The lowest BCUT2D eigenvalue weighted by atomic mass is 9.93. The largest absolute Gasteiger partial charge is 0.207 e. The fourth-order valence-electron chi connectivity index (χ4n) is 1.97. The van der Waals surface area contributed by atoms with Crippen molar-refractivity contribution in [3.05, 3.63) is 68.4 Å². The monoisotopic (exact) mass is 404 g/mol. The lowest BCUT2D eigenvalue weighted by Gasteiger charge is -2.15. The van der Waals surface area contributed by atoms with Gasteiger partial charge in [0.1, 0.15) is 5.82 Å². The first-order valence-electron chi connectivity index (χ1n) is 5.85. The molecular weight excluding hydrogens is 394 g/mol. The van der Waals surface area contributed by atoms with Gasteiger partial charge in [-0.1, -0.05) is 50.1 Å². The molecule has 0 fully saturated rings. The van der Waals surface area contributed by atoms with Gasteiger partial charge < -0.3 is 0 Å². The second-order valence-corrected chi connectivity index (χ2v) is 6.49. The summed E-state index contributed by atoms with van der Waals surface area (Å²) in [5, 5.41) is 0. The predicted octanol–water partition coefficient (Wildman–Crippen LogP) is 5.92. The second-order valence-electron chi connectivity index (χ2n) is 4.35. The van der Waals surface area contributed by atoms with Crippen molar-refractivity contribution in [3.63, 3.8) is 0 Å². The zero-order valence-corrected chi connectivity index (χ0v) is 14.0. The van der Waals surface area contributed by atoms with Crippen LogP contribution in [0.25, 0.3) is 0 Å². The molecule has 0 radical (unpaired) electrons. The summed E-state index contributed by atoms with van der Waals surface area (Å²) in [6, 6.07) is 13.1. The van der Waals surface area contributed by atoms with Gasteiger partial charge in [-0.15, -0.1) is 11.6 Å². The smallest absolute Gasteiger partial charge is 0.127 e. The Balaban J connectivity index is 2.24. The van der Waals surface area contributed by atoms with Crippen LogP contribution in [0.5, 0.6) is 0 Å². The number of rotatable bonds is 4. The van der Waals surface area contributed by atoms with Crippen LogP contribution in [0.1, 0.15) is 17.0 Å². The van der Waals surface area contributed by atoms with Gasteiger partial charge in [0.2, 0.25) is 0 Å². The lowest BCUT2D eigenvalue weighted by molar-refractivity contribution is 0.597. The van der Waals surface area contributed by atoms with Crippen LogP contribution in [0.15, 0.2) is 51.4 Å². The molecule has 0 aliphatic rings. The van der Waals surface area contributed by atoms with Crippen LogP contribution in [0.4, 0.5) is 4.39 Å². The molecular formula is C15H12Br2ClF. The van der Waals surface area contributed by atoms with E-state index in [-0.39, 0.29) is 11.7 Å². The van der Waals surface area contributed by atoms with Crippen molar-refractivity contribution < 1.29 is 4.39 Å². The van der Waals surface area contributed by atoms with E-state index in [1.54, 1.807) is 6.07 Å². The van der Waals surface area contributed by atoms with Crippen molar-refractivity contribution in [3.8, 4) is 0 Å². The van der Waals surface area contributed by atoms with Crippen molar-refractivity contribution in [1.82, 2.24) is 0 Å². The molecule has 0 N–H and O–H groups in total. The highest BCUT2D eigenvalue weighted by molar-refractivity contribution is 9.10. The summed E-state index contributed by atoms with van der Waals surface area (Å²) in [5.74, 6) is 0.376. The van der Waals surface area contributed by atoms with Crippen LogP contribution in [0.3, 0.4) is 0 Å². The molecule has 0 bridgehead atoms. The molecule has 0 amide bonds. The van der Waals surface area contributed by atoms with Gasteiger partial charge in [0.25, 0.3) is 0 Å². The van der Waals surface area contributed by atoms with Crippen molar-refractivity contribution in [1.29, 1.82) is 0 Å². The maximum Gasteiger partial charge on any atom is 0.127 e. The number of hydrogen-bond acceptors (Lipinski definition) is 0. The summed E-state index contributed by atoms with van der Waals surface area (Å²) in [6.45, 7) is 0. The first-order valence-corrected chi connectivity index (χ1v) is 7.97. The minimum Gasteiger partial charge on any atom is -0.207 e. The van der Waals surface area contributed by atoms with Crippen molar-refractivity contribution >= 4 is 43.5 Å². The first-order chi connectivity index (χ1) is 9.10. The van der Waals surface area contributed by atoms with E-state index in [9.17, 15) is 4.39 Å². The quantitative estimate of drug-likeness (QED) is 0.553. The summed E-state index contributed by atoms with van der Waals surface area (Å²) >= 11 is 12.7. The highest BCUT2D eigenvalue weighted by atomic mass is 79.9. The van der Waals surface area contributed by atoms with Crippen molar-refractivity contribution in [2.45, 2.75) is 12.3 Å². The predicted molar refractivity (Wildman–Crippen MR) is 85.4 cm³/mol. The first kappa shape index (κ1) is 15.0. The van der Waals surface area contributed by atoms with Crippen molar-refractivity contribution in [2.24, 2.45) is 0 Å². The standard InChI is InChI=1S/C15H12Br2ClF/c16-13-3-1-2-10(7-13)12(9-18)6-11-4-5-14(17)8-15(11)19/h1-5,7-8,12H,6,9H2. The number of benzene rings is 2. The Labute approximate surface area is 134 Å². The molecule has 0 heterocycles. The Kier molecular flexibility index (Phi) is 5.43. The van der Waals surface area contributed by atoms with Crippen molar-refractivity contribution in [2.75, 3.05) is 5.88 Å². The number of hydrogen-bond donors (Lipinski definition) is 0. The van der Waals surface area contributed by atoms with Gasteiger partial charge in [0.15, 0.2) is 0 Å². The third kappa shape index (κ3) is 4.04. The Bertz CT molecular complexity index is 572. The molecule has 0 nitrogen and oxygen atoms in total. The van der Waals surface area contributed by atoms with Crippen LogP contribution in [-0.4, -0.2) is 5.88 Å². The molecule has 0 saturated carbocycles. The zero-order valence-electron chi connectivity index (χ0n) is 10.0. The van der Waals surface area contributed by atoms with Crippen LogP contribution >= 0.6 is 43.5 Å². The van der Waals surface area contributed by atoms with Crippen LogP contribution in [0.2, 0.25) is 0 Å². The molecule has 1 unspecified atom stereocenters. The minimum atomic E-state index is -0.195. The summed E-state index contributed by atoms with van der Waals surface area (Å²) in [7, 11) is 0. The Morgan fingerprint density at radius 1 is 1.05 bits per heavy atom. The number of halogens is 4. The van der Waals surface area contributed by atoms with E-state index in [4.69, 9.17) is 11.6 Å². The normalized spacial score (nSPS) is 12.4. The lowest BCUT2D eigenvalue weighted by Crippen LogP contribution is -2.06. The van der Waals surface area contributed by atoms with Gasteiger partial charge in [0, 0.05) is 20.7 Å². The highest BCUT2D eigenvalue weighted by Gasteiger charge is 2.14. The Morgan fingerprint density at radius 3 is 2.42 bits per heavy atom. The van der Waals surface area contributed by atoms with E-state index in [1.165, 1.54) is 6.07 Å². The average molecular weight is 407 g/mol. The fraction of sp³-hybridized carbons (Fsp3) is 0.200. The fourth-order valence-corrected chi connectivity index (χ4v) is 3.01. The second kappa shape index (κ2) is 6.87. The average Bonchev–Trinajstić information content (AvgIpc) is 2.38. The summed E-state index contributed by atoms with van der Waals surface area (Å²) in [4.78, 5) is 0. The third-order valence-corrected chi connectivity index (χ3v) is 4.35. The Hall–Kier alpha value is -0.380. The van der Waals surface area contributed by atoms with Crippen LogP contribution in [-0.2, 0) is 6.42 Å². The van der Waals surface area contributed by atoms with Crippen LogP contribution < -0.4 is 0 Å². The maximum absolute atomic E-state index is 13.9. The van der Waals surface area contributed by atoms with E-state index in [1.807, 2.05) is 30.3 Å². The highest BCUT2D eigenvalue weighted by Crippen LogP contribution is 2.27. The summed E-state index contributed by atoms with van der Waals surface area (Å²) < 4.78 is 15.6. The van der Waals surface area contributed by atoms with E-state index in [2.05, 4.69) is 31.9 Å². The molecule has 2 aromatic rings. The molecule has 2 aromatic carbocycles. The molecule has 0 aliphatic heterocycles. The molecule has 2 rings (SSSR count). The van der Waals surface area contributed by atoms with Gasteiger partial charge >= 0.3 is 0 Å². The van der Waals surface area contributed by atoms with E-state index >= 15 is 0 Å². The molecule has 100 valence electrons. The number of alkyl halides is 1. The zero-order chi connectivity index (χ0) is 13.8. The molecule has 0 spiro atoms. The van der Waals surface area contributed by atoms with E-state index in [0.717, 1.165) is 14.5 Å². The molecule has 0 aromatic heterocycles. The molecule has 19 heavy (non-hydrogen) atoms. The van der Waals surface area contributed by atoms with Gasteiger partial charge in [-0.05, 0) is 41.8 Å². The SMILES string of the molecule is Fc1cc(Br)ccc1CC(CCl)c1cccc(Br)c1. The van der Waals surface area contributed by atoms with E-state index in [0.29, 0.717) is 17.9 Å². The summed E-state index contributed by atoms with van der Waals surface area (Å²) in [5.41, 5.74) is 1.81. The Morgan fingerprint density at radius 2 is 1.79 bits per heavy atom. The van der Waals surface area contributed by atoms with Gasteiger partial charge in [-0.25, -0.2) is 4.39 Å². The maximum atomic E-state index is 13.9. The van der Waals surface area contributed by atoms with Gasteiger partial charge in [-0.3, -0.25) is 0 Å². The molecule has 1 atom stereocenters. The molecule has 0 aliphatic carbocycles. The molecule has 4 heteroatoms. The summed E-state index contributed by atoms with van der Waals surface area (Å²) in [6.07, 6.45) is 0.596. The van der Waals surface area contributed by atoms with E-state index < -0.39 is 0 Å². The topological polar surface area (TPSA) is 0 Å². The molecule has 0 saturated heterocycles. The van der Waals surface area contributed by atoms with Crippen LogP contribution in [0, 0.1) is 5.82 Å². The minimum absolute atomic E-state index is 0.106. The third-order valence-electron chi connectivity index (χ3n) is 2.99. The van der Waals surface area contributed by atoms with Gasteiger partial charge in [0.05, 0.1) is 0 Å².